The number of carbonyl (C=O) groups is 1. The summed E-state index contributed by atoms with van der Waals surface area (Å²) in [5, 5.41) is 4.71. The molecule has 1 aliphatic heterocycles. The molecule has 2 N–H and O–H groups in total. The van der Waals surface area contributed by atoms with Crippen molar-refractivity contribution in [2.45, 2.75) is 38.6 Å². The average Bonchev–Trinajstić information content (AvgIpc) is 3.19. The zero-order valence-corrected chi connectivity index (χ0v) is 19.6. The lowest BCUT2D eigenvalue weighted by Crippen LogP contribution is -2.38. The van der Waals surface area contributed by atoms with Crippen molar-refractivity contribution >= 4 is 49.7 Å². The number of aryl methyl sites for hydroxylation is 1. The summed E-state index contributed by atoms with van der Waals surface area (Å²) in [6.45, 7) is 4.36. The van der Waals surface area contributed by atoms with Crippen LogP contribution in [0.2, 0.25) is 0 Å². The molecule has 1 amide bonds. The quantitative estimate of drug-likeness (QED) is 0.362. The minimum absolute atomic E-state index is 0.102. The highest BCUT2D eigenvalue weighted by Gasteiger charge is 2.31. The first-order chi connectivity index (χ1) is 16.1. The number of aromatic nitrogens is 2. The second kappa shape index (κ2) is 8.47. The number of aromatic amines is 1. The van der Waals surface area contributed by atoms with E-state index in [2.05, 4.69) is 46.5 Å². The van der Waals surface area contributed by atoms with Crippen LogP contribution >= 0.6 is 11.3 Å². The SMILES string of the molecule is Cc1cc2cc(Nc3ccnc4cc(C(=O)N5CCC[C@@H]5COCC5CC5)sc34)ccc2[nH]1. The number of hydrogen-bond acceptors (Lipinski definition) is 5. The third-order valence-electron chi connectivity index (χ3n) is 6.66. The zero-order chi connectivity index (χ0) is 22.4. The fourth-order valence-electron chi connectivity index (χ4n) is 4.73. The van der Waals surface area contributed by atoms with Crippen LogP contribution in [0.15, 0.2) is 42.6 Å². The van der Waals surface area contributed by atoms with E-state index in [1.165, 1.54) is 29.6 Å². The Kier molecular flexibility index (Phi) is 5.31. The number of ether oxygens (including phenoxy) is 1. The van der Waals surface area contributed by atoms with Crippen molar-refractivity contribution in [3.63, 3.8) is 0 Å². The Morgan fingerprint density at radius 2 is 2.12 bits per heavy atom. The Morgan fingerprint density at radius 1 is 1.21 bits per heavy atom. The Hall–Kier alpha value is -2.90. The van der Waals surface area contributed by atoms with Crippen LogP contribution < -0.4 is 5.32 Å². The summed E-state index contributed by atoms with van der Waals surface area (Å²) >= 11 is 1.52. The third-order valence-corrected chi connectivity index (χ3v) is 7.80. The van der Waals surface area contributed by atoms with Gasteiger partial charge in [0.1, 0.15) is 0 Å². The molecule has 3 aromatic heterocycles. The molecule has 1 atom stereocenters. The maximum Gasteiger partial charge on any atom is 0.264 e. The van der Waals surface area contributed by atoms with Gasteiger partial charge in [-0.1, -0.05) is 0 Å². The summed E-state index contributed by atoms with van der Waals surface area (Å²) in [4.78, 5) is 24.0. The van der Waals surface area contributed by atoms with Crippen molar-refractivity contribution in [2.75, 3.05) is 25.1 Å². The molecule has 4 aromatic rings. The molecular formula is C26H28N4O2S. The number of benzene rings is 1. The van der Waals surface area contributed by atoms with Gasteiger partial charge in [0.2, 0.25) is 0 Å². The summed E-state index contributed by atoms with van der Waals surface area (Å²) in [6, 6.07) is 12.5. The van der Waals surface area contributed by atoms with Crippen molar-refractivity contribution < 1.29 is 9.53 Å². The highest BCUT2D eigenvalue weighted by atomic mass is 32.1. The van der Waals surface area contributed by atoms with Crippen molar-refractivity contribution in [2.24, 2.45) is 5.92 Å². The second-order valence-corrected chi connectivity index (χ2v) is 10.4. The summed E-state index contributed by atoms with van der Waals surface area (Å²) in [5.74, 6) is 0.850. The summed E-state index contributed by atoms with van der Waals surface area (Å²) < 4.78 is 6.93. The van der Waals surface area contributed by atoms with E-state index in [0.717, 1.165) is 69.6 Å². The number of anilines is 2. The average molecular weight is 461 g/mol. The molecule has 6 nitrogen and oxygen atoms in total. The molecule has 1 aromatic carbocycles. The molecule has 2 aliphatic rings. The van der Waals surface area contributed by atoms with Gasteiger partial charge in [0.15, 0.2) is 0 Å². The molecule has 4 heterocycles. The monoisotopic (exact) mass is 460 g/mol. The summed E-state index contributed by atoms with van der Waals surface area (Å²) in [5.41, 5.74) is 5.12. The Labute approximate surface area is 197 Å². The lowest BCUT2D eigenvalue weighted by atomic mass is 10.2. The van der Waals surface area contributed by atoms with Crippen LogP contribution in [-0.4, -0.2) is 46.6 Å². The number of fused-ring (bicyclic) bond motifs is 2. The minimum atomic E-state index is 0.102. The van der Waals surface area contributed by atoms with Gasteiger partial charge in [-0.05, 0) is 74.9 Å². The van der Waals surface area contributed by atoms with Crippen LogP contribution in [0.3, 0.4) is 0 Å². The van der Waals surface area contributed by atoms with Crippen molar-refractivity contribution in [3.8, 4) is 0 Å². The van der Waals surface area contributed by atoms with Crippen LogP contribution in [0.4, 0.5) is 11.4 Å². The van der Waals surface area contributed by atoms with E-state index < -0.39 is 0 Å². The number of H-pyrrole nitrogens is 1. The van der Waals surface area contributed by atoms with Crippen LogP contribution in [0, 0.1) is 12.8 Å². The number of nitrogens with one attached hydrogen (secondary N) is 2. The van der Waals surface area contributed by atoms with E-state index in [9.17, 15) is 4.79 Å². The summed E-state index contributed by atoms with van der Waals surface area (Å²) in [7, 11) is 0. The highest BCUT2D eigenvalue weighted by molar-refractivity contribution is 7.21. The van der Waals surface area contributed by atoms with Gasteiger partial charge in [0.25, 0.3) is 5.91 Å². The van der Waals surface area contributed by atoms with Gasteiger partial charge >= 0.3 is 0 Å². The minimum Gasteiger partial charge on any atom is -0.379 e. The molecular weight excluding hydrogens is 432 g/mol. The van der Waals surface area contributed by atoms with Gasteiger partial charge in [0, 0.05) is 41.6 Å². The maximum absolute atomic E-state index is 13.4. The largest absolute Gasteiger partial charge is 0.379 e. The van der Waals surface area contributed by atoms with E-state index in [4.69, 9.17) is 4.74 Å². The van der Waals surface area contributed by atoms with Gasteiger partial charge in [-0.2, -0.15) is 0 Å². The number of hydrogen-bond donors (Lipinski definition) is 2. The molecule has 0 radical (unpaired) electrons. The number of amides is 1. The topological polar surface area (TPSA) is 70.2 Å². The van der Waals surface area contributed by atoms with E-state index in [1.807, 2.05) is 17.0 Å². The van der Waals surface area contributed by atoms with Crippen LogP contribution in [-0.2, 0) is 4.74 Å². The lowest BCUT2D eigenvalue weighted by Gasteiger charge is -2.24. The van der Waals surface area contributed by atoms with E-state index in [1.54, 1.807) is 6.20 Å². The zero-order valence-electron chi connectivity index (χ0n) is 18.8. The highest BCUT2D eigenvalue weighted by Crippen LogP contribution is 2.35. The molecule has 1 saturated heterocycles. The van der Waals surface area contributed by atoms with Gasteiger partial charge in [-0.3, -0.25) is 9.78 Å². The number of thiophene rings is 1. The predicted octanol–water partition coefficient (Wildman–Crippen LogP) is 5.86. The Balaban J connectivity index is 1.22. The Bertz CT molecular complexity index is 1320. The van der Waals surface area contributed by atoms with Crippen LogP contribution in [0.1, 0.15) is 41.0 Å². The number of carbonyl (C=O) groups excluding carboxylic acids is 1. The van der Waals surface area contributed by atoms with E-state index >= 15 is 0 Å². The lowest BCUT2D eigenvalue weighted by molar-refractivity contribution is 0.0519. The number of likely N-dealkylation sites (tertiary alicyclic amines) is 1. The van der Waals surface area contributed by atoms with E-state index in [0.29, 0.717) is 6.61 Å². The molecule has 33 heavy (non-hydrogen) atoms. The van der Waals surface area contributed by atoms with Gasteiger partial charge in [-0.25, -0.2) is 0 Å². The molecule has 170 valence electrons. The molecule has 1 saturated carbocycles. The fraction of sp³-hybridized carbons (Fsp3) is 0.385. The molecule has 0 unspecified atom stereocenters. The van der Waals surface area contributed by atoms with E-state index in [-0.39, 0.29) is 11.9 Å². The van der Waals surface area contributed by atoms with Crippen molar-refractivity contribution in [3.05, 3.63) is 53.2 Å². The number of pyridine rings is 1. The molecule has 0 spiro atoms. The van der Waals surface area contributed by atoms with Crippen LogP contribution in [0.5, 0.6) is 0 Å². The third kappa shape index (κ3) is 4.23. The van der Waals surface area contributed by atoms with Crippen molar-refractivity contribution in [1.29, 1.82) is 0 Å². The normalized spacial score (nSPS) is 18.5. The number of rotatable bonds is 7. The predicted molar refractivity (Wildman–Crippen MR) is 134 cm³/mol. The van der Waals surface area contributed by atoms with Gasteiger partial charge in [0.05, 0.1) is 33.4 Å². The second-order valence-electron chi connectivity index (χ2n) is 9.34. The Morgan fingerprint density at radius 3 is 3.00 bits per heavy atom. The van der Waals surface area contributed by atoms with Gasteiger partial charge in [-0.15, -0.1) is 11.3 Å². The summed E-state index contributed by atoms with van der Waals surface area (Å²) in [6.07, 6.45) is 6.44. The fourth-order valence-corrected chi connectivity index (χ4v) is 5.77. The maximum atomic E-state index is 13.4. The molecule has 6 rings (SSSR count). The smallest absolute Gasteiger partial charge is 0.264 e. The number of nitrogens with zero attached hydrogens (tertiary/aromatic N) is 2. The first kappa shape index (κ1) is 20.7. The first-order valence-electron chi connectivity index (χ1n) is 11.8. The molecule has 2 fully saturated rings. The van der Waals surface area contributed by atoms with Crippen LogP contribution in [0.25, 0.3) is 21.1 Å². The standard InChI is InChI=1S/C26H28N4O2S/c1-16-11-18-12-19(6-7-21(18)28-16)29-22-8-9-27-23-13-24(33-25(22)23)26(31)30-10-2-3-20(30)15-32-14-17-4-5-17/h6-9,11-13,17,20,28H,2-5,10,14-15H2,1H3,(H,27,29)/t20-/m1/s1. The van der Waals surface area contributed by atoms with Crippen molar-refractivity contribution in [1.82, 2.24) is 14.9 Å². The molecule has 0 bridgehead atoms. The molecule has 1 aliphatic carbocycles. The van der Waals surface area contributed by atoms with Gasteiger partial charge < -0.3 is 19.9 Å². The first-order valence-corrected chi connectivity index (χ1v) is 12.6. The molecule has 7 heteroatoms.